The molecule has 0 aliphatic rings. The molecule has 0 aliphatic carbocycles. The highest BCUT2D eigenvalue weighted by Gasteiger charge is 2.16. The second-order valence-electron chi connectivity index (χ2n) is 5.13. The number of carbonyl (C=O) groups is 1. The maximum atomic E-state index is 13.7. The van der Waals surface area contributed by atoms with E-state index in [1.54, 1.807) is 14.0 Å². The lowest BCUT2D eigenvalue weighted by Gasteiger charge is -2.16. The molecule has 22 heavy (non-hydrogen) atoms. The zero-order valence-electron chi connectivity index (χ0n) is 12.3. The summed E-state index contributed by atoms with van der Waals surface area (Å²) in [4.78, 5) is 13.6. The van der Waals surface area contributed by atoms with Crippen molar-refractivity contribution < 1.29 is 18.7 Å². The van der Waals surface area contributed by atoms with Gasteiger partial charge < -0.3 is 10.0 Å². The van der Waals surface area contributed by atoms with Crippen LogP contribution in [0.1, 0.15) is 23.7 Å². The maximum absolute atomic E-state index is 13.7. The molecule has 1 N–H and O–H groups in total. The molecule has 7 heteroatoms. The number of hydrogen-bond acceptors (Lipinski definition) is 3. The lowest BCUT2D eigenvalue weighted by atomic mass is 10.2. The second-order valence-corrected chi connectivity index (χ2v) is 5.13. The van der Waals surface area contributed by atoms with Crippen molar-refractivity contribution in [1.82, 2.24) is 14.7 Å². The average Bonchev–Trinajstić information content (AvgIpc) is 2.93. The van der Waals surface area contributed by atoms with Crippen LogP contribution in [-0.4, -0.2) is 45.4 Å². The smallest absolute Gasteiger partial charge is 0.256 e. The van der Waals surface area contributed by atoms with Crippen LogP contribution in [0.2, 0.25) is 0 Å². The highest BCUT2D eigenvalue weighted by atomic mass is 19.1. The molecule has 2 rings (SSSR count). The largest absolute Gasteiger partial charge is 0.393 e. The third-order valence-electron chi connectivity index (χ3n) is 3.22. The van der Waals surface area contributed by atoms with Crippen LogP contribution < -0.4 is 0 Å². The highest BCUT2D eigenvalue weighted by Crippen LogP contribution is 2.15. The van der Waals surface area contributed by atoms with E-state index in [0.717, 1.165) is 12.1 Å². The predicted octanol–water partition coefficient (Wildman–Crippen LogP) is 1.99. The summed E-state index contributed by atoms with van der Waals surface area (Å²) in [6.45, 7) is 2.04. The van der Waals surface area contributed by atoms with Crippen LogP contribution >= 0.6 is 0 Å². The summed E-state index contributed by atoms with van der Waals surface area (Å²) < 4.78 is 27.8. The number of carbonyl (C=O) groups excluding carboxylic acids is 1. The molecule has 1 heterocycles. The summed E-state index contributed by atoms with van der Waals surface area (Å²) in [5.41, 5.74) is 0.351. The molecular formula is C15H17F2N3O2. The van der Waals surface area contributed by atoms with Crippen molar-refractivity contribution in [1.29, 1.82) is 0 Å². The van der Waals surface area contributed by atoms with Gasteiger partial charge in [0.2, 0.25) is 0 Å². The molecule has 0 bridgehead atoms. The Bertz CT molecular complexity index is 671. The van der Waals surface area contributed by atoms with Crippen LogP contribution in [0.5, 0.6) is 0 Å². The summed E-state index contributed by atoms with van der Waals surface area (Å²) in [6, 6.07) is 3.13. The van der Waals surface area contributed by atoms with Gasteiger partial charge in [0.05, 0.1) is 17.9 Å². The summed E-state index contributed by atoms with van der Waals surface area (Å²) in [7, 11) is 1.61. The molecule has 0 radical (unpaired) electrons. The number of benzene rings is 1. The number of aliphatic hydroxyl groups excluding tert-OH is 1. The quantitative estimate of drug-likeness (QED) is 0.919. The first-order valence-corrected chi connectivity index (χ1v) is 6.82. The third kappa shape index (κ3) is 3.67. The van der Waals surface area contributed by atoms with Gasteiger partial charge in [-0.1, -0.05) is 0 Å². The molecule has 5 nitrogen and oxygen atoms in total. The zero-order valence-corrected chi connectivity index (χ0v) is 12.3. The minimum absolute atomic E-state index is 0.0621. The molecule has 0 saturated carbocycles. The van der Waals surface area contributed by atoms with Crippen molar-refractivity contribution in [2.45, 2.75) is 19.4 Å². The molecule has 0 spiro atoms. The lowest BCUT2D eigenvalue weighted by molar-refractivity contribution is 0.0769. The first-order chi connectivity index (χ1) is 10.4. The summed E-state index contributed by atoms with van der Waals surface area (Å²) in [5, 5.41) is 13.2. The Kier molecular flexibility index (Phi) is 4.87. The number of hydrogen-bond donors (Lipinski definition) is 1. The molecule has 1 atom stereocenters. The SMILES string of the molecule is CC(O)CCN(C)C(=O)c1cnn(-c2ccc(F)cc2F)c1. The fourth-order valence-electron chi connectivity index (χ4n) is 1.93. The number of aromatic nitrogens is 2. The molecule has 0 fully saturated rings. The number of aliphatic hydroxyl groups is 1. The van der Waals surface area contributed by atoms with E-state index < -0.39 is 17.7 Å². The summed E-state index contributed by atoms with van der Waals surface area (Å²) >= 11 is 0. The van der Waals surface area contributed by atoms with Gasteiger partial charge in [0.25, 0.3) is 5.91 Å². The Morgan fingerprint density at radius 1 is 1.45 bits per heavy atom. The van der Waals surface area contributed by atoms with E-state index in [0.29, 0.717) is 13.0 Å². The van der Waals surface area contributed by atoms with Crippen molar-refractivity contribution in [2.24, 2.45) is 0 Å². The van der Waals surface area contributed by atoms with E-state index >= 15 is 0 Å². The van der Waals surface area contributed by atoms with Gasteiger partial charge in [0.15, 0.2) is 5.82 Å². The fraction of sp³-hybridized carbons (Fsp3) is 0.333. The molecule has 1 amide bonds. The van der Waals surface area contributed by atoms with Crippen LogP contribution in [0.15, 0.2) is 30.6 Å². The van der Waals surface area contributed by atoms with Crippen LogP contribution in [0.25, 0.3) is 5.69 Å². The monoisotopic (exact) mass is 309 g/mol. The number of nitrogens with zero attached hydrogens (tertiary/aromatic N) is 3. The van der Waals surface area contributed by atoms with Gasteiger partial charge in [-0.25, -0.2) is 13.5 Å². The second kappa shape index (κ2) is 6.65. The Morgan fingerprint density at radius 2 is 2.18 bits per heavy atom. The average molecular weight is 309 g/mol. The van der Waals surface area contributed by atoms with E-state index in [9.17, 15) is 18.7 Å². The lowest BCUT2D eigenvalue weighted by Crippen LogP contribution is -2.29. The minimum Gasteiger partial charge on any atom is -0.393 e. The number of halogens is 2. The van der Waals surface area contributed by atoms with E-state index in [-0.39, 0.29) is 17.2 Å². The van der Waals surface area contributed by atoms with Crippen LogP contribution in [0, 0.1) is 11.6 Å². The van der Waals surface area contributed by atoms with E-state index in [4.69, 9.17) is 0 Å². The molecule has 1 aromatic heterocycles. The van der Waals surface area contributed by atoms with E-state index in [1.165, 1.54) is 28.0 Å². The molecular weight excluding hydrogens is 292 g/mol. The van der Waals surface area contributed by atoms with Gasteiger partial charge in [-0.3, -0.25) is 4.79 Å². The molecule has 0 saturated heterocycles. The minimum atomic E-state index is -0.760. The third-order valence-corrected chi connectivity index (χ3v) is 3.22. The predicted molar refractivity (Wildman–Crippen MR) is 76.7 cm³/mol. The van der Waals surface area contributed by atoms with Gasteiger partial charge in [0.1, 0.15) is 11.5 Å². The molecule has 1 aromatic carbocycles. The Balaban J connectivity index is 2.15. The Labute approximate surface area is 126 Å². The normalized spacial score (nSPS) is 12.2. The Hall–Kier alpha value is -2.28. The molecule has 2 aromatic rings. The van der Waals surface area contributed by atoms with Gasteiger partial charge in [-0.15, -0.1) is 0 Å². The molecule has 1 unspecified atom stereocenters. The summed E-state index contributed by atoms with van der Waals surface area (Å²) in [5.74, 6) is -1.72. The van der Waals surface area contributed by atoms with Crippen molar-refractivity contribution in [3.8, 4) is 5.69 Å². The van der Waals surface area contributed by atoms with Gasteiger partial charge in [-0.2, -0.15) is 5.10 Å². The first-order valence-electron chi connectivity index (χ1n) is 6.82. The first kappa shape index (κ1) is 16.1. The molecule has 118 valence electrons. The van der Waals surface area contributed by atoms with Crippen molar-refractivity contribution in [3.05, 3.63) is 47.8 Å². The van der Waals surface area contributed by atoms with Gasteiger partial charge in [-0.05, 0) is 25.5 Å². The van der Waals surface area contributed by atoms with Gasteiger partial charge in [0, 0.05) is 25.9 Å². The van der Waals surface area contributed by atoms with Crippen molar-refractivity contribution in [3.63, 3.8) is 0 Å². The van der Waals surface area contributed by atoms with E-state index in [2.05, 4.69) is 5.10 Å². The van der Waals surface area contributed by atoms with Crippen molar-refractivity contribution >= 4 is 5.91 Å². The number of amides is 1. The van der Waals surface area contributed by atoms with Crippen LogP contribution in [-0.2, 0) is 0 Å². The Morgan fingerprint density at radius 3 is 2.82 bits per heavy atom. The van der Waals surface area contributed by atoms with E-state index in [1.807, 2.05) is 0 Å². The standard InChI is InChI=1S/C15H17F2N3O2/c1-10(21)5-6-19(2)15(22)11-8-18-20(9-11)14-4-3-12(16)7-13(14)17/h3-4,7-10,21H,5-6H2,1-2H3. The van der Waals surface area contributed by atoms with Crippen LogP contribution in [0.4, 0.5) is 8.78 Å². The fourth-order valence-corrected chi connectivity index (χ4v) is 1.93. The maximum Gasteiger partial charge on any atom is 0.256 e. The number of rotatable bonds is 5. The molecule has 0 aliphatic heterocycles. The summed E-state index contributed by atoms with van der Waals surface area (Å²) in [6.07, 6.45) is 2.68. The van der Waals surface area contributed by atoms with Crippen molar-refractivity contribution in [2.75, 3.05) is 13.6 Å². The topological polar surface area (TPSA) is 58.4 Å². The van der Waals surface area contributed by atoms with Crippen LogP contribution in [0.3, 0.4) is 0 Å². The highest BCUT2D eigenvalue weighted by molar-refractivity contribution is 5.93. The van der Waals surface area contributed by atoms with Gasteiger partial charge >= 0.3 is 0 Å². The zero-order chi connectivity index (χ0) is 16.3.